The van der Waals surface area contributed by atoms with E-state index in [1.54, 1.807) is 0 Å². The lowest BCUT2D eigenvalue weighted by Gasteiger charge is -2.34. The highest BCUT2D eigenvalue weighted by Gasteiger charge is 2.33. The maximum atomic E-state index is 13.2. The van der Waals surface area contributed by atoms with Gasteiger partial charge >= 0.3 is 11.8 Å². The van der Waals surface area contributed by atoms with Crippen molar-refractivity contribution < 1.29 is 22.4 Å². The lowest BCUT2D eigenvalue weighted by molar-refractivity contribution is -0.136. The van der Waals surface area contributed by atoms with E-state index in [0.717, 1.165) is 36.1 Å². The first-order valence-electron chi connectivity index (χ1n) is 10.6. The molecule has 1 atom stereocenters. The zero-order chi connectivity index (χ0) is 23.3. The Bertz CT molecular complexity index is 1070. The number of aryl methyl sites for hydroxylation is 2. The Kier molecular flexibility index (Phi) is 7.63. The van der Waals surface area contributed by atoms with E-state index in [4.69, 9.17) is 0 Å². The first-order chi connectivity index (χ1) is 15.2. The predicted molar refractivity (Wildman–Crippen MR) is 120 cm³/mol. The summed E-state index contributed by atoms with van der Waals surface area (Å²) in [6.07, 6.45) is 2.65. The third-order valence-electron chi connectivity index (χ3n) is 5.68. The molecule has 0 radical (unpaired) electrons. The normalized spacial score (nSPS) is 17.0. The van der Waals surface area contributed by atoms with Crippen LogP contribution in [0.4, 0.5) is 10.1 Å². The van der Waals surface area contributed by atoms with Crippen molar-refractivity contribution in [1.82, 2.24) is 9.62 Å². The topological polar surface area (TPSA) is 95.6 Å². The van der Waals surface area contributed by atoms with Crippen LogP contribution in [-0.4, -0.2) is 43.7 Å². The number of sulfonamides is 1. The fourth-order valence-electron chi connectivity index (χ4n) is 3.94. The van der Waals surface area contributed by atoms with Gasteiger partial charge < -0.3 is 10.6 Å². The van der Waals surface area contributed by atoms with Crippen molar-refractivity contribution in [3.8, 4) is 0 Å². The van der Waals surface area contributed by atoms with Gasteiger partial charge in [-0.2, -0.15) is 4.31 Å². The van der Waals surface area contributed by atoms with Crippen LogP contribution in [0, 0.1) is 19.7 Å². The first kappa shape index (κ1) is 23.9. The molecule has 3 rings (SSSR count). The number of anilines is 1. The molecule has 7 nitrogen and oxygen atoms in total. The van der Waals surface area contributed by atoms with Crippen molar-refractivity contribution in [2.24, 2.45) is 0 Å². The minimum Gasteiger partial charge on any atom is -0.348 e. The summed E-state index contributed by atoms with van der Waals surface area (Å²) in [5.41, 5.74) is 2.32. The number of hydrogen-bond donors (Lipinski definition) is 2. The molecule has 2 amide bonds. The molecule has 32 heavy (non-hydrogen) atoms. The second kappa shape index (κ2) is 10.2. The van der Waals surface area contributed by atoms with Crippen molar-refractivity contribution in [2.75, 3.05) is 18.4 Å². The molecule has 0 aromatic heterocycles. The SMILES string of the molecule is Cc1cccc(C)c1NC(=O)C(=O)NCC[C@@H]1CCCCN1S(=O)(=O)c1ccc(F)cc1. The Balaban J connectivity index is 1.59. The third kappa shape index (κ3) is 5.52. The van der Waals surface area contributed by atoms with Gasteiger partial charge in [-0.05, 0) is 68.5 Å². The van der Waals surface area contributed by atoms with Gasteiger partial charge in [-0.25, -0.2) is 12.8 Å². The van der Waals surface area contributed by atoms with E-state index in [2.05, 4.69) is 10.6 Å². The van der Waals surface area contributed by atoms with Gasteiger partial charge in [0, 0.05) is 24.8 Å². The minimum atomic E-state index is -3.77. The Morgan fingerprint density at radius 1 is 1.03 bits per heavy atom. The van der Waals surface area contributed by atoms with Crippen LogP contribution >= 0.6 is 0 Å². The number of nitrogens with one attached hydrogen (secondary N) is 2. The summed E-state index contributed by atoms with van der Waals surface area (Å²) >= 11 is 0. The lowest BCUT2D eigenvalue weighted by Crippen LogP contribution is -2.45. The van der Waals surface area contributed by atoms with Crippen LogP contribution in [0.2, 0.25) is 0 Å². The second-order valence-electron chi connectivity index (χ2n) is 7.98. The monoisotopic (exact) mass is 461 g/mol. The van der Waals surface area contributed by atoms with Gasteiger partial charge in [0.1, 0.15) is 5.82 Å². The number of rotatable bonds is 6. The number of benzene rings is 2. The number of carbonyl (C=O) groups is 2. The van der Waals surface area contributed by atoms with E-state index >= 15 is 0 Å². The average molecular weight is 462 g/mol. The molecule has 1 heterocycles. The fourth-order valence-corrected chi connectivity index (χ4v) is 5.66. The molecule has 0 bridgehead atoms. The maximum absolute atomic E-state index is 13.2. The number of carbonyl (C=O) groups excluding carboxylic acids is 2. The summed E-state index contributed by atoms with van der Waals surface area (Å²) in [5, 5.41) is 5.22. The number of amides is 2. The number of piperidine rings is 1. The fraction of sp³-hybridized carbons (Fsp3) is 0.391. The van der Waals surface area contributed by atoms with E-state index in [-0.39, 0.29) is 17.5 Å². The van der Waals surface area contributed by atoms with Crippen LogP contribution in [0.25, 0.3) is 0 Å². The molecule has 1 aliphatic rings. The molecule has 0 spiro atoms. The number of para-hydroxylation sites is 1. The Morgan fingerprint density at radius 3 is 2.34 bits per heavy atom. The molecule has 0 saturated carbocycles. The van der Waals surface area contributed by atoms with E-state index in [0.29, 0.717) is 25.1 Å². The summed E-state index contributed by atoms with van der Waals surface area (Å²) in [7, 11) is -3.77. The van der Waals surface area contributed by atoms with Gasteiger partial charge in [-0.3, -0.25) is 9.59 Å². The van der Waals surface area contributed by atoms with Crippen LogP contribution in [0.3, 0.4) is 0 Å². The summed E-state index contributed by atoms with van der Waals surface area (Å²) in [6, 6.07) is 10.0. The zero-order valence-electron chi connectivity index (χ0n) is 18.2. The van der Waals surface area contributed by atoms with E-state index in [9.17, 15) is 22.4 Å². The Hall–Kier alpha value is -2.78. The summed E-state index contributed by atoms with van der Waals surface area (Å²) in [6.45, 7) is 4.23. The summed E-state index contributed by atoms with van der Waals surface area (Å²) < 4.78 is 40.7. The molecule has 9 heteroatoms. The van der Waals surface area contributed by atoms with Gasteiger partial charge in [0.05, 0.1) is 4.90 Å². The number of nitrogens with zero attached hydrogens (tertiary/aromatic N) is 1. The second-order valence-corrected chi connectivity index (χ2v) is 9.88. The minimum absolute atomic E-state index is 0.0443. The van der Waals surface area contributed by atoms with Crippen LogP contribution < -0.4 is 10.6 Å². The van der Waals surface area contributed by atoms with Gasteiger partial charge in [0.25, 0.3) is 0 Å². The number of halogens is 1. The highest BCUT2D eigenvalue weighted by Crippen LogP contribution is 2.27. The van der Waals surface area contributed by atoms with Crippen molar-refractivity contribution in [2.45, 2.75) is 50.5 Å². The molecule has 1 fully saturated rings. The van der Waals surface area contributed by atoms with Crippen molar-refractivity contribution in [1.29, 1.82) is 0 Å². The van der Waals surface area contributed by atoms with Gasteiger partial charge in [0.2, 0.25) is 10.0 Å². The van der Waals surface area contributed by atoms with Crippen molar-refractivity contribution >= 4 is 27.5 Å². The molecular formula is C23H28FN3O4S. The van der Waals surface area contributed by atoms with Crippen molar-refractivity contribution in [3.05, 3.63) is 59.4 Å². The Labute approximate surface area is 188 Å². The predicted octanol–water partition coefficient (Wildman–Crippen LogP) is 3.13. The largest absolute Gasteiger partial charge is 0.348 e. The summed E-state index contributed by atoms with van der Waals surface area (Å²) in [5.74, 6) is -2.03. The Morgan fingerprint density at radius 2 is 1.69 bits per heavy atom. The van der Waals surface area contributed by atoms with Crippen molar-refractivity contribution in [3.63, 3.8) is 0 Å². The van der Waals surface area contributed by atoms with Gasteiger partial charge in [-0.15, -0.1) is 0 Å². The molecule has 2 N–H and O–H groups in total. The highest BCUT2D eigenvalue weighted by atomic mass is 32.2. The standard InChI is InChI=1S/C23H28FN3O4S/c1-16-6-5-7-17(2)21(16)26-23(29)22(28)25-14-13-19-8-3-4-15-27(19)32(30,31)20-11-9-18(24)10-12-20/h5-7,9-12,19H,3-4,8,13-15H2,1-2H3,(H,25,28)(H,26,29)/t19-/m0/s1. The molecule has 2 aromatic carbocycles. The maximum Gasteiger partial charge on any atom is 0.313 e. The molecule has 172 valence electrons. The molecule has 0 aliphatic carbocycles. The van der Waals surface area contributed by atoms with Gasteiger partial charge in [0.15, 0.2) is 0 Å². The van der Waals surface area contributed by atoms with Gasteiger partial charge in [-0.1, -0.05) is 24.6 Å². The highest BCUT2D eigenvalue weighted by molar-refractivity contribution is 7.89. The number of hydrogen-bond acceptors (Lipinski definition) is 4. The average Bonchev–Trinajstić information content (AvgIpc) is 2.76. The molecular weight excluding hydrogens is 433 g/mol. The zero-order valence-corrected chi connectivity index (χ0v) is 19.0. The van der Waals surface area contributed by atoms with E-state index in [1.807, 2.05) is 32.0 Å². The molecule has 1 aliphatic heterocycles. The quantitative estimate of drug-likeness (QED) is 0.646. The van der Waals surface area contributed by atoms with Crippen LogP contribution in [0.1, 0.15) is 36.8 Å². The smallest absolute Gasteiger partial charge is 0.313 e. The molecule has 1 saturated heterocycles. The first-order valence-corrected chi connectivity index (χ1v) is 12.1. The summed E-state index contributed by atoms with van der Waals surface area (Å²) in [4.78, 5) is 24.6. The van der Waals surface area contributed by atoms with E-state index < -0.39 is 27.7 Å². The molecule has 0 unspecified atom stereocenters. The van der Waals surface area contributed by atoms with Crippen LogP contribution in [0.15, 0.2) is 47.4 Å². The third-order valence-corrected chi connectivity index (χ3v) is 7.65. The van der Waals surface area contributed by atoms with Crippen LogP contribution in [0.5, 0.6) is 0 Å². The molecule has 2 aromatic rings. The van der Waals surface area contributed by atoms with E-state index in [1.165, 1.54) is 16.4 Å². The van der Waals surface area contributed by atoms with Crippen LogP contribution in [-0.2, 0) is 19.6 Å². The lowest BCUT2D eigenvalue weighted by atomic mass is 10.0.